The Bertz CT molecular complexity index is 519. The summed E-state index contributed by atoms with van der Waals surface area (Å²) in [6.45, 7) is 0. The monoisotopic (exact) mass is 221 g/mol. The molecule has 0 aliphatic carbocycles. The lowest BCUT2D eigenvalue weighted by Crippen LogP contribution is -2.27. The van der Waals surface area contributed by atoms with Gasteiger partial charge in [0.15, 0.2) is 6.10 Å². The molecule has 2 unspecified atom stereocenters. The summed E-state index contributed by atoms with van der Waals surface area (Å²) in [6.07, 6.45) is -1.56. The van der Waals surface area contributed by atoms with E-state index >= 15 is 0 Å². The normalized spacial score (nSPS) is 14.9. The van der Waals surface area contributed by atoms with E-state index in [4.69, 9.17) is 5.11 Å². The van der Waals surface area contributed by atoms with Crippen LogP contribution in [0.15, 0.2) is 30.5 Å². The van der Waals surface area contributed by atoms with Crippen molar-refractivity contribution in [2.75, 3.05) is 0 Å². The first-order chi connectivity index (χ1) is 7.61. The van der Waals surface area contributed by atoms with Crippen LogP contribution in [-0.2, 0) is 4.79 Å². The molecule has 4 N–H and O–H groups in total. The zero-order chi connectivity index (χ0) is 11.7. The van der Waals surface area contributed by atoms with E-state index in [9.17, 15) is 15.0 Å². The van der Waals surface area contributed by atoms with Crippen LogP contribution in [0, 0.1) is 0 Å². The van der Waals surface area contributed by atoms with Crippen LogP contribution in [0.1, 0.15) is 11.7 Å². The maximum absolute atomic E-state index is 10.6. The molecule has 0 radical (unpaired) electrons. The molecule has 1 aromatic heterocycles. The molecule has 0 amide bonds. The van der Waals surface area contributed by atoms with Crippen molar-refractivity contribution in [3.8, 4) is 0 Å². The molecule has 1 heterocycles. The first kappa shape index (κ1) is 10.7. The fourth-order valence-corrected chi connectivity index (χ4v) is 1.67. The number of aromatic amines is 1. The van der Waals surface area contributed by atoms with Crippen LogP contribution in [-0.4, -0.2) is 32.4 Å². The Morgan fingerprint density at radius 1 is 1.25 bits per heavy atom. The van der Waals surface area contributed by atoms with Crippen LogP contribution in [0.4, 0.5) is 0 Å². The highest BCUT2D eigenvalue weighted by atomic mass is 16.4. The molecule has 0 aliphatic rings. The molecule has 5 heteroatoms. The second-order valence-corrected chi connectivity index (χ2v) is 3.51. The number of nitrogens with one attached hydrogen (secondary N) is 1. The minimum atomic E-state index is -1.82. The van der Waals surface area contributed by atoms with Crippen LogP contribution in [0.2, 0.25) is 0 Å². The molecule has 0 saturated carbocycles. The van der Waals surface area contributed by atoms with E-state index in [1.165, 1.54) is 0 Å². The summed E-state index contributed by atoms with van der Waals surface area (Å²) >= 11 is 0. The number of carboxylic acid groups (broad SMARTS) is 1. The summed E-state index contributed by atoms with van der Waals surface area (Å²) in [4.78, 5) is 13.5. The maximum atomic E-state index is 10.6. The van der Waals surface area contributed by atoms with Gasteiger partial charge in [-0.3, -0.25) is 0 Å². The fourth-order valence-electron chi connectivity index (χ4n) is 1.67. The van der Waals surface area contributed by atoms with Crippen LogP contribution in [0.3, 0.4) is 0 Å². The van der Waals surface area contributed by atoms with E-state index < -0.39 is 18.2 Å². The van der Waals surface area contributed by atoms with Crippen LogP contribution in [0.25, 0.3) is 10.9 Å². The number of hydrogen-bond acceptors (Lipinski definition) is 3. The number of aliphatic carboxylic acids is 1. The average molecular weight is 221 g/mol. The lowest BCUT2D eigenvalue weighted by molar-refractivity contribution is -0.153. The largest absolute Gasteiger partial charge is 0.479 e. The standard InChI is InChI=1S/C11H11NO4/c13-9(10(14)11(15)16)7-2-1-3-8-6(7)4-5-12-8/h1-5,9-10,12-14H,(H,15,16). The van der Waals surface area contributed by atoms with E-state index in [0.717, 1.165) is 5.52 Å². The minimum Gasteiger partial charge on any atom is -0.479 e. The number of rotatable bonds is 3. The number of fused-ring (bicyclic) bond motifs is 1. The third kappa shape index (κ3) is 1.66. The number of aliphatic hydroxyl groups excluding tert-OH is 2. The molecular formula is C11H11NO4. The number of H-pyrrole nitrogens is 1. The lowest BCUT2D eigenvalue weighted by Gasteiger charge is -2.15. The van der Waals surface area contributed by atoms with Crippen molar-refractivity contribution < 1.29 is 20.1 Å². The molecular weight excluding hydrogens is 210 g/mol. The van der Waals surface area contributed by atoms with Gasteiger partial charge in [0.2, 0.25) is 0 Å². The fraction of sp³-hybridized carbons (Fsp3) is 0.182. The molecule has 0 bridgehead atoms. The molecule has 0 fully saturated rings. The summed E-state index contributed by atoms with van der Waals surface area (Å²) in [5, 5.41) is 28.3. The molecule has 84 valence electrons. The first-order valence-corrected chi connectivity index (χ1v) is 4.76. The van der Waals surface area contributed by atoms with Gasteiger partial charge >= 0.3 is 5.97 Å². The Morgan fingerprint density at radius 3 is 2.69 bits per heavy atom. The van der Waals surface area contributed by atoms with Crippen molar-refractivity contribution in [1.29, 1.82) is 0 Å². The summed E-state index contributed by atoms with van der Waals surface area (Å²) in [5.41, 5.74) is 1.18. The number of carbonyl (C=O) groups is 1. The molecule has 2 aromatic rings. The molecule has 2 rings (SSSR count). The van der Waals surface area contributed by atoms with Gasteiger partial charge in [0.1, 0.15) is 6.10 Å². The summed E-state index contributed by atoms with van der Waals surface area (Å²) in [7, 11) is 0. The highest BCUT2D eigenvalue weighted by Crippen LogP contribution is 2.25. The van der Waals surface area contributed by atoms with Crippen molar-refractivity contribution in [1.82, 2.24) is 4.98 Å². The van der Waals surface area contributed by atoms with Gasteiger partial charge in [-0.2, -0.15) is 0 Å². The Kier molecular flexibility index (Phi) is 2.64. The van der Waals surface area contributed by atoms with E-state index in [1.807, 2.05) is 0 Å². The molecule has 0 spiro atoms. The Morgan fingerprint density at radius 2 is 2.00 bits per heavy atom. The van der Waals surface area contributed by atoms with Crippen LogP contribution < -0.4 is 0 Å². The third-order valence-corrected chi connectivity index (χ3v) is 2.50. The van der Waals surface area contributed by atoms with Gasteiger partial charge in [0.25, 0.3) is 0 Å². The zero-order valence-electron chi connectivity index (χ0n) is 8.29. The molecule has 1 aromatic carbocycles. The quantitative estimate of drug-likeness (QED) is 0.612. The van der Waals surface area contributed by atoms with Crippen molar-refractivity contribution in [2.45, 2.75) is 12.2 Å². The van der Waals surface area contributed by atoms with Crippen molar-refractivity contribution >= 4 is 16.9 Å². The molecule has 5 nitrogen and oxygen atoms in total. The highest BCUT2D eigenvalue weighted by molar-refractivity contribution is 5.84. The van der Waals surface area contributed by atoms with Gasteiger partial charge in [0.05, 0.1) is 0 Å². The summed E-state index contributed by atoms with van der Waals surface area (Å²) < 4.78 is 0. The van der Waals surface area contributed by atoms with Gasteiger partial charge in [0, 0.05) is 17.1 Å². The minimum absolute atomic E-state index is 0.397. The topological polar surface area (TPSA) is 93.6 Å². The predicted octanol–water partition coefficient (Wildman–Crippen LogP) is 0.647. The second kappa shape index (κ2) is 3.96. The van der Waals surface area contributed by atoms with E-state index in [-0.39, 0.29) is 0 Å². The first-order valence-electron chi connectivity index (χ1n) is 4.76. The Labute approximate surface area is 91.0 Å². The Hall–Kier alpha value is -1.85. The number of carboxylic acids is 1. The smallest absolute Gasteiger partial charge is 0.335 e. The third-order valence-electron chi connectivity index (χ3n) is 2.50. The van der Waals surface area contributed by atoms with Gasteiger partial charge in [-0.05, 0) is 17.7 Å². The number of aliphatic hydroxyl groups is 2. The van der Waals surface area contributed by atoms with Crippen molar-refractivity contribution in [2.24, 2.45) is 0 Å². The Balaban J connectivity index is 2.46. The molecule has 0 aliphatic heterocycles. The van der Waals surface area contributed by atoms with Gasteiger partial charge in [-0.15, -0.1) is 0 Å². The predicted molar refractivity (Wildman–Crippen MR) is 56.9 cm³/mol. The van der Waals surface area contributed by atoms with Crippen molar-refractivity contribution in [3.05, 3.63) is 36.0 Å². The SMILES string of the molecule is O=C(O)C(O)C(O)c1cccc2[nH]ccc12. The van der Waals surface area contributed by atoms with Crippen LogP contribution >= 0.6 is 0 Å². The highest BCUT2D eigenvalue weighted by Gasteiger charge is 2.26. The number of hydrogen-bond donors (Lipinski definition) is 4. The van der Waals surface area contributed by atoms with Gasteiger partial charge < -0.3 is 20.3 Å². The summed E-state index contributed by atoms with van der Waals surface area (Å²) in [5.74, 6) is -1.44. The summed E-state index contributed by atoms with van der Waals surface area (Å²) in [6, 6.07) is 6.81. The van der Waals surface area contributed by atoms with Crippen LogP contribution in [0.5, 0.6) is 0 Å². The van der Waals surface area contributed by atoms with E-state index in [2.05, 4.69) is 4.98 Å². The van der Waals surface area contributed by atoms with E-state index in [1.54, 1.807) is 30.5 Å². The maximum Gasteiger partial charge on any atom is 0.335 e. The van der Waals surface area contributed by atoms with Gasteiger partial charge in [-0.1, -0.05) is 12.1 Å². The zero-order valence-corrected chi connectivity index (χ0v) is 8.29. The molecule has 2 atom stereocenters. The van der Waals surface area contributed by atoms with Crippen molar-refractivity contribution in [3.63, 3.8) is 0 Å². The number of aromatic nitrogens is 1. The second-order valence-electron chi connectivity index (χ2n) is 3.51. The lowest BCUT2D eigenvalue weighted by atomic mass is 10.0. The molecule has 0 saturated heterocycles. The average Bonchev–Trinajstić information content (AvgIpc) is 2.74. The number of benzene rings is 1. The van der Waals surface area contributed by atoms with Gasteiger partial charge in [-0.25, -0.2) is 4.79 Å². The molecule has 16 heavy (non-hydrogen) atoms. The van der Waals surface area contributed by atoms with E-state index in [0.29, 0.717) is 10.9 Å².